The van der Waals surface area contributed by atoms with Gasteiger partial charge in [-0.2, -0.15) is 8.78 Å². The molecule has 0 saturated carbocycles. The Morgan fingerprint density at radius 3 is 2.06 bits per heavy atom. The number of methoxy groups -OCH3 is 1. The number of hydrogen-bond donors (Lipinski definition) is 0. The van der Waals surface area contributed by atoms with Crippen LogP contribution in [0.5, 0.6) is 0 Å². The Hall–Kier alpha value is -1.20. The third-order valence-corrected chi connectivity index (χ3v) is 2.60. The minimum atomic E-state index is -4.06. The second-order valence-corrected chi connectivity index (χ2v) is 3.77. The smallest absolute Gasteiger partial charge is 0.419 e. The molecule has 1 saturated heterocycles. The fraction of sp³-hybridized carbons (Fsp3) is 0.800. The average molecular weight is 235 g/mol. The highest BCUT2D eigenvalue weighted by atomic mass is 19.3. The lowest BCUT2D eigenvalue weighted by molar-refractivity contribution is -0.180. The van der Waals surface area contributed by atoms with Crippen LogP contribution in [0, 0.1) is 0 Å². The number of amides is 1. The molecule has 1 rings (SSSR count). The third kappa shape index (κ3) is 2.68. The summed E-state index contributed by atoms with van der Waals surface area (Å²) in [6.07, 6.45) is 3.24. The SMILES string of the molecule is COC(=O)C(F)(F)C(=O)N1CCCCCC1. The van der Waals surface area contributed by atoms with Gasteiger partial charge in [0.25, 0.3) is 0 Å². The van der Waals surface area contributed by atoms with Crippen molar-refractivity contribution in [3.05, 3.63) is 0 Å². The summed E-state index contributed by atoms with van der Waals surface area (Å²) in [5.74, 6) is -7.29. The number of likely N-dealkylation sites (tertiary alicyclic amines) is 1. The molecule has 0 aliphatic carbocycles. The van der Waals surface area contributed by atoms with Gasteiger partial charge < -0.3 is 9.64 Å². The normalized spacial score (nSPS) is 17.8. The Morgan fingerprint density at radius 2 is 1.62 bits per heavy atom. The summed E-state index contributed by atoms with van der Waals surface area (Å²) < 4.78 is 30.4. The first-order valence-electron chi connectivity index (χ1n) is 5.25. The largest absolute Gasteiger partial charge is 0.464 e. The Labute approximate surface area is 92.5 Å². The molecule has 0 N–H and O–H groups in total. The summed E-state index contributed by atoms with van der Waals surface area (Å²) >= 11 is 0. The van der Waals surface area contributed by atoms with Gasteiger partial charge in [0, 0.05) is 13.1 Å². The summed E-state index contributed by atoms with van der Waals surface area (Å²) in [6.45, 7) is 0.566. The number of carbonyl (C=O) groups is 2. The van der Waals surface area contributed by atoms with Gasteiger partial charge >= 0.3 is 17.8 Å². The molecule has 1 amide bonds. The number of esters is 1. The van der Waals surface area contributed by atoms with E-state index in [2.05, 4.69) is 4.74 Å². The van der Waals surface area contributed by atoms with E-state index in [0.29, 0.717) is 12.8 Å². The van der Waals surface area contributed by atoms with Gasteiger partial charge in [-0.25, -0.2) is 4.79 Å². The van der Waals surface area contributed by atoms with Gasteiger partial charge in [-0.05, 0) is 12.8 Å². The van der Waals surface area contributed by atoms with Crippen LogP contribution < -0.4 is 0 Å². The van der Waals surface area contributed by atoms with Crippen molar-refractivity contribution in [2.75, 3.05) is 20.2 Å². The predicted molar refractivity (Wildman–Crippen MR) is 52.0 cm³/mol. The van der Waals surface area contributed by atoms with Gasteiger partial charge in [0.2, 0.25) is 0 Å². The predicted octanol–water partition coefficient (Wildman–Crippen LogP) is 1.20. The zero-order valence-corrected chi connectivity index (χ0v) is 9.17. The first kappa shape index (κ1) is 12.9. The molecular formula is C10H15F2NO3. The van der Waals surface area contributed by atoms with Crippen molar-refractivity contribution in [3.63, 3.8) is 0 Å². The molecule has 16 heavy (non-hydrogen) atoms. The van der Waals surface area contributed by atoms with Crippen LogP contribution in [-0.4, -0.2) is 42.9 Å². The molecule has 1 heterocycles. The molecule has 1 fully saturated rings. The lowest BCUT2D eigenvalue weighted by atomic mass is 10.2. The molecule has 6 heteroatoms. The number of carbonyl (C=O) groups excluding carboxylic acids is 2. The topological polar surface area (TPSA) is 46.6 Å². The first-order chi connectivity index (χ1) is 7.50. The Bertz CT molecular complexity index is 273. The van der Waals surface area contributed by atoms with Crippen LogP contribution in [0.2, 0.25) is 0 Å². The standard InChI is InChI=1S/C10H15F2NO3/c1-16-9(15)10(11,12)8(14)13-6-4-2-3-5-7-13/h2-7H2,1H3. The van der Waals surface area contributed by atoms with Crippen LogP contribution in [0.3, 0.4) is 0 Å². The maximum atomic E-state index is 13.3. The number of ether oxygens (including phenoxy) is 1. The van der Waals surface area contributed by atoms with Crippen molar-refractivity contribution >= 4 is 11.9 Å². The second kappa shape index (κ2) is 5.23. The third-order valence-electron chi connectivity index (χ3n) is 2.60. The van der Waals surface area contributed by atoms with Crippen molar-refractivity contribution in [2.45, 2.75) is 31.6 Å². The Kier molecular flexibility index (Phi) is 4.20. The fourth-order valence-corrected chi connectivity index (χ4v) is 1.69. The molecule has 0 spiro atoms. The van der Waals surface area contributed by atoms with Crippen LogP contribution in [0.15, 0.2) is 0 Å². The quantitative estimate of drug-likeness (QED) is 0.533. The molecule has 92 valence electrons. The van der Waals surface area contributed by atoms with Gasteiger partial charge in [0.05, 0.1) is 7.11 Å². The van der Waals surface area contributed by atoms with Gasteiger partial charge in [0.1, 0.15) is 0 Å². The number of halogens is 2. The van der Waals surface area contributed by atoms with Crippen molar-refractivity contribution in [1.82, 2.24) is 4.90 Å². The number of alkyl halides is 2. The zero-order valence-electron chi connectivity index (χ0n) is 9.17. The van der Waals surface area contributed by atoms with Crippen molar-refractivity contribution in [3.8, 4) is 0 Å². The van der Waals surface area contributed by atoms with Crippen LogP contribution in [0.25, 0.3) is 0 Å². The van der Waals surface area contributed by atoms with Crippen LogP contribution in [0.1, 0.15) is 25.7 Å². The van der Waals surface area contributed by atoms with Gasteiger partial charge in [-0.15, -0.1) is 0 Å². The minimum absolute atomic E-state index is 0.283. The van der Waals surface area contributed by atoms with E-state index in [-0.39, 0.29) is 13.1 Å². The summed E-state index contributed by atoms with van der Waals surface area (Å²) in [4.78, 5) is 23.3. The molecule has 0 unspecified atom stereocenters. The number of nitrogens with zero attached hydrogens (tertiary/aromatic N) is 1. The van der Waals surface area contributed by atoms with E-state index in [0.717, 1.165) is 24.9 Å². The van der Waals surface area contributed by atoms with Crippen molar-refractivity contribution < 1.29 is 23.1 Å². The molecule has 1 aliphatic rings. The first-order valence-corrected chi connectivity index (χ1v) is 5.25. The second-order valence-electron chi connectivity index (χ2n) is 3.77. The van der Waals surface area contributed by atoms with E-state index in [1.54, 1.807) is 0 Å². The molecule has 0 aromatic heterocycles. The van der Waals surface area contributed by atoms with E-state index in [4.69, 9.17) is 0 Å². The average Bonchev–Trinajstić information content (AvgIpc) is 2.55. The molecule has 4 nitrogen and oxygen atoms in total. The highest BCUT2D eigenvalue weighted by Gasteiger charge is 2.51. The number of hydrogen-bond acceptors (Lipinski definition) is 3. The highest BCUT2D eigenvalue weighted by Crippen LogP contribution is 2.21. The minimum Gasteiger partial charge on any atom is -0.464 e. The van der Waals surface area contributed by atoms with Crippen LogP contribution in [-0.2, 0) is 14.3 Å². The molecule has 0 atom stereocenters. The maximum Gasteiger partial charge on any atom is 0.419 e. The fourth-order valence-electron chi connectivity index (χ4n) is 1.69. The van der Waals surface area contributed by atoms with E-state index in [1.807, 2.05) is 0 Å². The number of rotatable bonds is 2. The van der Waals surface area contributed by atoms with E-state index in [1.165, 1.54) is 0 Å². The molecule has 0 bridgehead atoms. The van der Waals surface area contributed by atoms with Crippen LogP contribution >= 0.6 is 0 Å². The van der Waals surface area contributed by atoms with E-state index in [9.17, 15) is 18.4 Å². The summed E-state index contributed by atoms with van der Waals surface area (Å²) in [6, 6.07) is 0. The molecule has 1 aliphatic heterocycles. The zero-order chi connectivity index (χ0) is 12.2. The molecule has 0 aromatic rings. The van der Waals surface area contributed by atoms with Gasteiger partial charge in [-0.3, -0.25) is 4.79 Å². The summed E-state index contributed by atoms with van der Waals surface area (Å²) in [5.41, 5.74) is 0. The maximum absolute atomic E-state index is 13.3. The Balaban J connectivity index is 2.71. The van der Waals surface area contributed by atoms with Gasteiger partial charge in [0.15, 0.2) is 0 Å². The van der Waals surface area contributed by atoms with Crippen LogP contribution in [0.4, 0.5) is 8.78 Å². The Morgan fingerprint density at radius 1 is 1.12 bits per heavy atom. The molecule has 0 radical (unpaired) electrons. The highest BCUT2D eigenvalue weighted by molar-refractivity contribution is 6.04. The molecule has 0 aromatic carbocycles. The van der Waals surface area contributed by atoms with E-state index < -0.39 is 17.8 Å². The van der Waals surface area contributed by atoms with Crippen molar-refractivity contribution in [2.24, 2.45) is 0 Å². The van der Waals surface area contributed by atoms with Gasteiger partial charge in [-0.1, -0.05) is 12.8 Å². The summed E-state index contributed by atoms with van der Waals surface area (Å²) in [5, 5.41) is 0. The molecular weight excluding hydrogens is 220 g/mol. The lowest BCUT2D eigenvalue weighted by Crippen LogP contribution is -2.49. The lowest BCUT2D eigenvalue weighted by Gasteiger charge is -2.23. The van der Waals surface area contributed by atoms with E-state index >= 15 is 0 Å². The monoisotopic (exact) mass is 235 g/mol. The summed E-state index contributed by atoms with van der Waals surface area (Å²) in [7, 11) is 0.839. The van der Waals surface area contributed by atoms with Crippen molar-refractivity contribution in [1.29, 1.82) is 0 Å².